The molecule has 1 atom stereocenters. The topological polar surface area (TPSA) is 32.3 Å². The molecule has 16 heavy (non-hydrogen) atoms. The van der Waals surface area contributed by atoms with E-state index in [4.69, 9.17) is 0 Å². The van der Waals surface area contributed by atoms with Gasteiger partial charge < -0.3 is 10.2 Å². The zero-order valence-corrected chi connectivity index (χ0v) is 9.86. The second-order valence-corrected chi connectivity index (χ2v) is 4.26. The molecule has 0 bridgehead atoms. The van der Waals surface area contributed by atoms with E-state index in [-0.39, 0.29) is 11.9 Å². The summed E-state index contributed by atoms with van der Waals surface area (Å²) in [5.41, 5.74) is 2.61. The van der Waals surface area contributed by atoms with E-state index in [1.165, 1.54) is 11.1 Å². The summed E-state index contributed by atoms with van der Waals surface area (Å²) >= 11 is 0. The molecule has 0 saturated heterocycles. The smallest absolute Gasteiger partial charge is 0.239 e. The van der Waals surface area contributed by atoms with Gasteiger partial charge in [0.25, 0.3) is 0 Å². The fraction of sp³-hybridized carbons (Fsp3) is 0.462. The number of carbonyl (C=O) groups is 1. The molecule has 1 N–H and O–H groups in total. The van der Waals surface area contributed by atoms with Gasteiger partial charge >= 0.3 is 0 Å². The van der Waals surface area contributed by atoms with Crippen molar-refractivity contribution in [1.82, 2.24) is 10.2 Å². The summed E-state index contributed by atoms with van der Waals surface area (Å²) in [6, 6.07) is 8.25. The number of carbonyl (C=O) groups excluding carboxylic acids is 1. The highest BCUT2D eigenvalue weighted by atomic mass is 16.2. The van der Waals surface area contributed by atoms with Gasteiger partial charge in [-0.25, -0.2) is 0 Å². The second kappa shape index (κ2) is 4.66. The molecule has 0 unspecified atom stereocenters. The molecule has 0 fully saturated rings. The Kier molecular flexibility index (Phi) is 3.25. The average molecular weight is 218 g/mol. The molecule has 3 nitrogen and oxygen atoms in total. The molecule has 2 rings (SSSR count). The van der Waals surface area contributed by atoms with Crippen LogP contribution in [0.5, 0.6) is 0 Å². The molecule has 0 radical (unpaired) electrons. The van der Waals surface area contributed by atoms with Gasteiger partial charge in [-0.3, -0.25) is 4.79 Å². The van der Waals surface area contributed by atoms with E-state index in [2.05, 4.69) is 17.4 Å². The van der Waals surface area contributed by atoms with Crippen molar-refractivity contribution < 1.29 is 4.79 Å². The normalized spacial score (nSPS) is 19.0. The average Bonchev–Trinajstić information content (AvgIpc) is 2.36. The summed E-state index contributed by atoms with van der Waals surface area (Å²) in [6.07, 6.45) is 0.805. The molecular weight excluding hydrogens is 200 g/mol. The summed E-state index contributed by atoms with van der Waals surface area (Å²) in [6.45, 7) is 3.55. The Morgan fingerprint density at radius 1 is 1.44 bits per heavy atom. The van der Waals surface area contributed by atoms with E-state index in [1.54, 1.807) is 4.90 Å². The van der Waals surface area contributed by atoms with Gasteiger partial charge in [0, 0.05) is 20.1 Å². The van der Waals surface area contributed by atoms with Gasteiger partial charge in [0.05, 0.1) is 6.04 Å². The van der Waals surface area contributed by atoms with Crippen molar-refractivity contribution in [1.29, 1.82) is 0 Å². The first-order valence-electron chi connectivity index (χ1n) is 5.77. The van der Waals surface area contributed by atoms with E-state index in [0.29, 0.717) is 0 Å². The third-order valence-corrected chi connectivity index (χ3v) is 3.23. The van der Waals surface area contributed by atoms with Gasteiger partial charge in [-0.2, -0.15) is 0 Å². The highest BCUT2D eigenvalue weighted by molar-refractivity contribution is 5.82. The van der Waals surface area contributed by atoms with E-state index in [9.17, 15) is 4.79 Å². The number of benzene rings is 1. The van der Waals surface area contributed by atoms with Crippen LogP contribution in [0.3, 0.4) is 0 Å². The molecule has 0 spiro atoms. The number of likely N-dealkylation sites (N-methyl/N-ethyl adjacent to an activating group) is 1. The quantitative estimate of drug-likeness (QED) is 0.808. The third-order valence-electron chi connectivity index (χ3n) is 3.23. The molecule has 1 heterocycles. The van der Waals surface area contributed by atoms with Gasteiger partial charge in [0.2, 0.25) is 5.91 Å². The van der Waals surface area contributed by atoms with Crippen molar-refractivity contribution in [3.05, 3.63) is 35.4 Å². The summed E-state index contributed by atoms with van der Waals surface area (Å²) in [5.74, 6) is 0.192. The van der Waals surface area contributed by atoms with E-state index in [0.717, 1.165) is 19.5 Å². The van der Waals surface area contributed by atoms with Crippen LogP contribution in [0.1, 0.15) is 18.1 Å². The number of nitrogens with one attached hydrogen (secondary N) is 1. The number of nitrogens with zero attached hydrogens (tertiary/aromatic N) is 1. The highest BCUT2D eigenvalue weighted by Gasteiger charge is 2.25. The van der Waals surface area contributed by atoms with Gasteiger partial charge in [0.1, 0.15) is 0 Å². The molecule has 3 heteroatoms. The fourth-order valence-electron chi connectivity index (χ4n) is 2.05. The summed E-state index contributed by atoms with van der Waals surface area (Å²) in [5, 5.41) is 3.30. The number of hydrogen-bond acceptors (Lipinski definition) is 2. The number of fused-ring (bicyclic) bond motifs is 1. The van der Waals surface area contributed by atoms with Crippen molar-refractivity contribution in [2.75, 3.05) is 13.6 Å². The number of hydrogen-bond donors (Lipinski definition) is 1. The summed E-state index contributed by atoms with van der Waals surface area (Å²) < 4.78 is 0. The minimum Gasteiger partial charge on any atom is -0.345 e. The zero-order chi connectivity index (χ0) is 11.5. The van der Waals surface area contributed by atoms with Gasteiger partial charge in [-0.05, 0) is 24.5 Å². The Morgan fingerprint density at radius 2 is 2.12 bits per heavy atom. The van der Waals surface area contributed by atoms with Crippen molar-refractivity contribution in [2.24, 2.45) is 0 Å². The lowest BCUT2D eigenvalue weighted by Crippen LogP contribution is -2.48. The first-order valence-corrected chi connectivity index (χ1v) is 5.77. The minimum absolute atomic E-state index is 0.0557. The Labute approximate surface area is 96.5 Å². The van der Waals surface area contributed by atoms with E-state index in [1.807, 2.05) is 26.1 Å². The number of rotatable bonds is 2. The molecule has 1 aliphatic heterocycles. The van der Waals surface area contributed by atoms with Crippen molar-refractivity contribution in [3.8, 4) is 0 Å². The summed E-state index contributed by atoms with van der Waals surface area (Å²) in [7, 11) is 1.85. The maximum atomic E-state index is 12.0. The first kappa shape index (κ1) is 11.1. The van der Waals surface area contributed by atoms with Crippen molar-refractivity contribution in [3.63, 3.8) is 0 Å². The predicted molar refractivity (Wildman–Crippen MR) is 64.1 cm³/mol. The van der Waals surface area contributed by atoms with Crippen LogP contribution < -0.4 is 5.32 Å². The Bertz CT molecular complexity index is 389. The Hall–Kier alpha value is -1.35. The van der Waals surface area contributed by atoms with Crippen LogP contribution in [0.15, 0.2) is 24.3 Å². The Balaban J connectivity index is 2.11. The molecule has 1 aromatic carbocycles. The van der Waals surface area contributed by atoms with Crippen LogP contribution in [-0.4, -0.2) is 30.4 Å². The molecule has 0 aliphatic carbocycles. The molecule has 1 aromatic rings. The standard InChI is InChI=1S/C13H18N2O/c1-3-15(2)13(16)12-8-10-6-4-5-7-11(10)9-14-12/h4-7,12,14H,3,8-9H2,1-2H3/t12-/m0/s1. The number of amides is 1. The molecule has 1 aliphatic rings. The molecular formula is C13H18N2O. The second-order valence-electron chi connectivity index (χ2n) is 4.26. The molecule has 0 saturated carbocycles. The Morgan fingerprint density at radius 3 is 2.81 bits per heavy atom. The van der Waals surface area contributed by atoms with Crippen molar-refractivity contribution in [2.45, 2.75) is 25.9 Å². The molecule has 86 valence electrons. The maximum absolute atomic E-state index is 12.0. The van der Waals surface area contributed by atoms with Crippen LogP contribution in [-0.2, 0) is 17.8 Å². The zero-order valence-electron chi connectivity index (χ0n) is 9.86. The summed E-state index contributed by atoms with van der Waals surface area (Å²) in [4.78, 5) is 13.8. The largest absolute Gasteiger partial charge is 0.345 e. The SMILES string of the molecule is CCN(C)C(=O)[C@@H]1Cc2ccccc2CN1. The van der Waals surface area contributed by atoms with Gasteiger partial charge in [0.15, 0.2) is 0 Å². The molecule has 1 amide bonds. The van der Waals surface area contributed by atoms with Crippen LogP contribution in [0.4, 0.5) is 0 Å². The van der Waals surface area contributed by atoms with Crippen LogP contribution in [0.25, 0.3) is 0 Å². The van der Waals surface area contributed by atoms with Gasteiger partial charge in [-0.1, -0.05) is 24.3 Å². The lowest BCUT2D eigenvalue weighted by Gasteiger charge is -2.28. The predicted octanol–water partition coefficient (Wildman–Crippen LogP) is 1.18. The lowest BCUT2D eigenvalue weighted by molar-refractivity contribution is -0.132. The molecule has 0 aromatic heterocycles. The highest BCUT2D eigenvalue weighted by Crippen LogP contribution is 2.16. The first-order chi connectivity index (χ1) is 7.72. The minimum atomic E-state index is -0.0557. The lowest BCUT2D eigenvalue weighted by atomic mass is 9.95. The third kappa shape index (κ3) is 2.09. The van der Waals surface area contributed by atoms with Gasteiger partial charge in [-0.15, -0.1) is 0 Å². The van der Waals surface area contributed by atoms with E-state index < -0.39 is 0 Å². The van der Waals surface area contributed by atoms with Crippen molar-refractivity contribution >= 4 is 5.91 Å². The van der Waals surface area contributed by atoms with E-state index >= 15 is 0 Å². The fourth-order valence-corrected chi connectivity index (χ4v) is 2.05. The maximum Gasteiger partial charge on any atom is 0.239 e. The monoisotopic (exact) mass is 218 g/mol. The van der Waals surface area contributed by atoms with Crippen LogP contribution in [0.2, 0.25) is 0 Å². The van der Waals surface area contributed by atoms with Crippen LogP contribution >= 0.6 is 0 Å². The van der Waals surface area contributed by atoms with Crippen LogP contribution in [0, 0.1) is 0 Å².